The van der Waals surface area contributed by atoms with Crippen LogP contribution in [-0.4, -0.2) is 48.4 Å². The number of unbranched alkanes of at least 4 members (excludes halogenated alkanes) is 2. The number of para-hydroxylation sites is 4. The second-order valence-electron chi connectivity index (χ2n) is 8.27. The van der Waals surface area contributed by atoms with Crippen molar-refractivity contribution in [2.45, 2.75) is 51.2 Å². The fourth-order valence-electron chi connectivity index (χ4n) is 4.25. The zero-order valence-corrected chi connectivity index (χ0v) is 19.3. The second-order valence-corrected chi connectivity index (χ2v) is 8.27. The van der Waals surface area contributed by atoms with Gasteiger partial charge in [0.05, 0.1) is 24.7 Å². The van der Waals surface area contributed by atoms with E-state index in [-0.39, 0.29) is 12.0 Å². The lowest BCUT2D eigenvalue weighted by molar-refractivity contribution is -0.130. The predicted octanol–water partition coefficient (Wildman–Crippen LogP) is 4.13. The number of amides is 1. The molecule has 0 radical (unpaired) electrons. The molecule has 0 spiro atoms. The highest BCUT2D eigenvalue weighted by atomic mass is 16.5. The highest BCUT2D eigenvalue weighted by Crippen LogP contribution is 2.26. The predicted molar refractivity (Wildman–Crippen MR) is 128 cm³/mol. The summed E-state index contributed by atoms with van der Waals surface area (Å²) in [6.45, 7) is 2.64. The number of aryl methyl sites for hydroxylation is 1. The molecular weight excluding hydrogens is 418 g/mol. The second kappa shape index (κ2) is 11.7. The molecule has 2 heterocycles. The molecule has 1 fully saturated rings. The third-order valence-electron chi connectivity index (χ3n) is 5.97. The van der Waals surface area contributed by atoms with Crippen molar-refractivity contribution in [3.8, 4) is 11.5 Å². The first-order valence-electron chi connectivity index (χ1n) is 11.9. The zero-order valence-electron chi connectivity index (χ0n) is 19.3. The lowest BCUT2D eigenvalue weighted by Crippen LogP contribution is -2.34. The monoisotopic (exact) mass is 451 g/mol. The molecule has 1 N–H and O–H groups in total. The molecule has 1 aliphatic heterocycles. The molecule has 33 heavy (non-hydrogen) atoms. The quantitative estimate of drug-likeness (QED) is 0.419. The van der Waals surface area contributed by atoms with Gasteiger partial charge in [0, 0.05) is 19.6 Å². The number of nitrogens with zero attached hydrogens (tertiary/aromatic N) is 2. The smallest absolute Gasteiger partial charge is 0.249 e. The topological polar surface area (TPSA) is 74.6 Å². The van der Waals surface area contributed by atoms with E-state index in [1.807, 2.05) is 36.4 Å². The van der Waals surface area contributed by atoms with Crippen LogP contribution in [0.5, 0.6) is 11.5 Å². The van der Waals surface area contributed by atoms with Crippen molar-refractivity contribution in [2.24, 2.45) is 0 Å². The van der Waals surface area contributed by atoms with Crippen molar-refractivity contribution >= 4 is 16.9 Å². The van der Waals surface area contributed by atoms with Crippen molar-refractivity contribution in [3.05, 3.63) is 54.4 Å². The Labute approximate surface area is 195 Å². The first-order valence-corrected chi connectivity index (χ1v) is 11.9. The van der Waals surface area contributed by atoms with Crippen molar-refractivity contribution in [1.82, 2.24) is 14.9 Å². The van der Waals surface area contributed by atoms with Crippen LogP contribution in [0.4, 0.5) is 0 Å². The van der Waals surface area contributed by atoms with Crippen LogP contribution in [0.2, 0.25) is 0 Å². The number of fused-ring (bicyclic) bond motifs is 1. The summed E-state index contributed by atoms with van der Waals surface area (Å²) in [6.07, 6.45) is 5.46. The Morgan fingerprint density at radius 3 is 2.76 bits per heavy atom. The summed E-state index contributed by atoms with van der Waals surface area (Å²) in [5.74, 6) is 2.59. The molecular formula is C26H33N3O4. The Kier molecular flexibility index (Phi) is 8.19. The number of rotatable bonds is 12. The summed E-state index contributed by atoms with van der Waals surface area (Å²) in [6, 6.07) is 15.9. The van der Waals surface area contributed by atoms with Gasteiger partial charge in [0.1, 0.15) is 18.5 Å². The molecule has 0 saturated carbocycles. The van der Waals surface area contributed by atoms with Crippen molar-refractivity contribution in [2.75, 3.05) is 26.9 Å². The van der Waals surface area contributed by atoms with Gasteiger partial charge in [-0.3, -0.25) is 4.79 Å². The maximum absolute atomic E-state index is 12.0. The molecule has 0 aliphatic carbocycles. The van der Waals surface area contributed by atoms with E-state index >= 15 is 0 Å². The highest BCUT2D eigenvalue weighted by molar-refractivity contribution is 5.80. The lowest BCUT2D eigenvalue weighted by Gasteiger charge is -2.13. The van der Waals surface area contributed by atoms with E-state index in [2.05, 4.69) is 22.0 Å². The molecule has 4 rings (SSSR count). The number of nitrogens with one attached hydrogen (secondary N) is 1. The summed E-state index contributed by atoms with van der Waals surface area (Å²) in [5, 5.41) is 3.00. The maximum atomic E-state index is 12.0. The molecule has 1 atom stereocenters. The van der Waals surface area contributed by atoms with Crippen LogP contribution >= 0.6 is 0 Å². The largest absolute Gasteiger partial charge is 0.493 e. The number of hydrogen-bond donors (Lipinski definition) is 1. The SMILES string of the molecule is COc1ccccc1OCCn1c(CCCCCNC(=O)C2CCCO2)nc2ccccc21. The van der Waals surface area contributed by atoms with Gasteiger partial charge in [-0.1, -0.05) is 30.7 Å². The number of hydrogen-bond acceptors (Lipinski definition) is 5. The molecule has 1 aromatic heterocycles. The van der Waals surface area contributed by atoms with Crippen LogP contribution in [0.1, 0.15) is 37.9 Å². The lowest BCUT2D eigenvalue weighted by atomic mass is 10.2. The van der Waals surface area contributed by atoms with Gasteiger partial charge in [0.2, 0.25) is 5.91 Å². The summed E-state index contributed by atoms with van der Waals surface area (Å²) < 4.78 is 19.1. The molecule has 2 aromatic carbocycles. The molecule has 1 saturated heterocycles. The van der Waals surface area contributed by atoms with Gasteiger partial charge in [-0.25, -0.2) is 4.98 Å². The van der Waals surface area contributed by atoms with Gasteiger partial charge in [0.15, 0.2) is 11.5 Å². The first-order chi connectivity index (χ1) is 16.3. The summed E-state index contributed by atoms with van der Waals surface area (Å²) in [4.78, 5) is 16.9. The number of methoxy groups -OCH3 is 1. The van der Waals surface area contributed by atoms with E-state index in [0.29, 0.717) is 26.3 Å². The van der Waals surface area contributed by atoms with Crippen LogP contribution in [0.3, 0.4) is 0 Å². The number of carbonyl (C=O) groups excluding carboxylic acids is 1. The van der Waals surface area contributed by atoms with E-state index in [1.165, 1.54) is 0 Å². The van der Waals surface area contributed by atoms with Crippen LogP contribution in [0, 0.1) is 0 Å². The number of imidazole rings is 1. The van der Waals surface area contributed by atoms with E-state index < -0.39 is 0 Å². The fraction of sp³-hybridized carbons (Fsp3) is 0.462. The number of ether oxygens (including phenoxy) is 3. The minimum atomic E-state index is -0.247. The average Bonchev–Trinajstić information content (AvgIpc) is 3.50. The van der Waals surface area contributed by atoms with Crippen molar-refractivity contribution < 1.29 is 19.0 Å². The third-order valence-corrected chi connectivity index (χ3v) is 5.97. The van der Waals surface area contributed by atoms with Gasteiger partial charge >= 0.3 is 0 Å². The average molecular weight is 452 g/mol. The molecule has 1 unspecified atom stereocenters. The summed E-state index contributed by atoms with van der Waals surface area (Å²) >= 11 is 0. The maximum Gasteiger partial charge on any atom is 0.249 e. The number of aromatic nitrogens is 2. The van der Waals surface area contributed by atoms with Gasteiger partial charge in [-0.05, 0) is 49.9 Å². The van der Waals surface area contributed by atoms with E-state index in [4.69, 9.17) is 19.2 Å². The van der Waals surface area contributed by atoms with Crippen molar-refractivity contribution in [3.63, 3.8) is 0 Å². The van der Waals surface area contributed by atoms with E-state index in [1.54, 1.807) is 7.11 Å². The summed E-state index contributed by atoms with van der Waals surface area (Å²) in [7, 11) is 1.65. The van der Waals surface area contributed by atoms with Gasteiger partial charge in [-0.2, -0.15) is 0 Å². The van der Waals surface area contributed by atoms with Crippen molar-refractivity contribution in [1.29, 1.82) is 0 Å². The molecule has 7 heteroatoms. The first kappa shape index (κ1) is 23.1. The minimum absolute atomic E-state index is 0.0318. The van der Waals surface area contributed by atoms with E-state index in [9.17, 15) is 4.79 Å². The standard InChI is InChI=1S/C26H33N3O4/c1-31-22-12-6-7-13-23(22)33-19-17-29-21-11-5-4-10-20(21)28-25(29)15-3-2-8-16-27-26(30)24-14-9-18-32-24/h4-7,10-13,24H,2-3,8-9,14-19H2,1H3,(H,27,30). The van der Waals surface area contributed by atoms with Crippen LogP contribution < -0.4 is 14.8 Å². The molecule has 176 valence electrons. The van der Waals surface area contributed by atoms with Crippen LogP contribution in [-0.2, 0) is 22.5 Å². The number of carbonyl (C=O) groups is 1. The van der Waals surface area contributed by atoms with E-state index in [0.717, 1.165) is 66.9 Å². The van der Waals surface area contributed by atoms with Gasteiger partial charge in [-0.15, -0.1) is 0 Å². The Morgan fingerprint density at radius 1 is 1.12 bits per heavy atom. The molecule has 0 bridgehead atoms. The van der Waals surface area contributed by atoms with Gasteiger partial charge in [0.25, 0.3) is 0 Å². The molecule has 1 aliphatic rings. The van der Waals surface area contributed by atoms with Crippen LogP contribution in [0.25, 0.3) is 11.0 Å². The Morgan fingerprint density at radius 2 is 1.94 bits per heavy atom. The fourth-order valence-corrected chi connectivity index (χ4v) is 4.25. The molecule has 7 nitrogen and oxygen atoms in total. The van der Waals surface area contributed by atoms with Crippen LogP contribution in [0.15, 0.2) is 48.5 Å². The third kappa shape index (κ3) is 6.05. The molecule has 3 aromatic rings. The summed E-state index contributed by atoms with van der Waals surface area (Å²) in [5.41, 5.74) is 2.13. The normalized spacial score (nSPS) is 15.6. The number of benzene rings is 2. The zero-order chi connectivity index (χ0) is 22.9. The minimum Gasteiger partial charge on any atom is -0.493 e. The highest BCUT2D eigenvalue weighted by Gasteiger charge is 2.22. The Balaban J connectivity index is 1.28. The Hall–Kier alpha value is -3.06. The van der Waals surface area contributed by atoms with Gasteiger partial charge < -0.3 is 24.1 Å². The molecule has 1 amide bonds. The Bertz CT molecular complexity index is 1040.